The van der Waals surface area contributed by atoms with Gasteiger partial charge in [0, 0.05) is 6.66 Å². The Balaban J connectivity index is 1.79. The Labute approximate surface area is 155 Å². The number of nitrogen functional groups attached to an aromatic ring is 1. The number of ether oxygens (including phenoxy) is 1. The van der Waals surface area contributed by atoms with Crippen molar-refractivity contribution in [1.82, 2.24) is 15.0 Å². The molecule has 15 nitrogen and oxygen atoms in total. The molecule has 3 rings (SSSR count). The van der Waals surface area contributed by atoms with E-state index in [0.29, 0.717) is 6.66 Å². The van der Waals surface area contributed by atoms with Crippen molar-refractivity contribution in [2.24, 2.45) is 0 Å². The largest absolute Gasteiger partial charge is 0.479 e. The number of imidazole rings is 1. The van der Waals surface area contributed by atoms with Crippen molar-refractivity contribution in [3.05, 3.63) is 16.7 Å². The van der Waals surface area contributed by atoms with Gasteiger partial charge in [-0.05, 0) is 0 Å². The molecule has 0 aromatic carbocycles. The summed E-state index contributed by atoms with van der Waals surface area (Å²) in [6, 6.07) is 0. The first kappa shape index (κ1) is 21.0. The number of hydrogen-bond donors (Lipinski definition) is 7. The summed E-state index contributed by atoms with van der Waals surface area (Å²) in [4.78, 5) is 39.1. The van der Waals surface area contributed by atoms with Crippen molar-refractivity contribution < 1.29 is 47.3 Å². The van der Waals surface area contributed by atoms with Gasteiger partial charge in [0.25, 0.3) is 11.5 Å². The van der Waals surface area contributed by atoms with Crippen molar-refractivity contribution in [2.75, 3.05) is 19.0 Å². The fraction of sp³-hybridized carbons (Fsp3) is 0.545. The third kappa shape index (κ3) is 4.33. The average molecular weight is 442 g/mol. The summed E-state index contributed by atoms with van der Waals surface area (Å²) in [5, 5.41) is 20.4. The number of phosphoric ester groups is 1. The van der Waals surface area contributed by atoms with Gasteiger partial charge >= 0.3 is 21.1 Å². The molecule has 0 radical (unpaired) electrons. The number of rotatable bonds is 6. The Bertz CT molecular complexity index is 1030. The number of aromatic nitrogens is 4. The molecule has 0 bridgehead atoms. The van der Waals surface area contributed by atoms with Gasteiger partial charge in [-0.3, -0.25) is 23.9 Å². The Morgan fingerprint density at radius 3 is 2.68 bits per heavy atom. The minimum atomic E-state index is -4.92. The monoisotopic (exact) mass is 442 g/mol. The van der Waals surface area contributed by atoms with Gasteiger partial charge in [0.15, 0.2) is 6.33 Å². The Hall–Kier alpha value is -1.67. The van der Waals surface area contributed by atoms with Gasteiger partial charge < -0.3 is 30.5 Å². The molecule has 1 aliphatic heterocycles. The van der Waals surface area contributed by atoms with Gasteiger partial charge in [-0.1, -0.05) is 4.98 Å². The quantitative estimate of drug-likeness (QED) is 0.185. The van der Waals surface area contributed by atoms with E-state index in [4.69, 9.17) is 15.4 Å². The summed E-state index contributed by atoms with van der Waals surface area (Å²) < 4.78 is 38.0. The van der Waals surface area contributed by atoms with Gasteiger partial charge in [0.05, 0.1) is 6.61 Å². The number of nitrogens with one attached hydrogen (secondary N) is 2. The van der Waals surface area contributed by atoms with Gasteiger partial charge in [0.1, 0.15) is 18.3 Å². The molecule has 17 heteroatoms. The van der Waals surface area contributed by atoms with Crippen molar-refractivity contribution in [1.29, 1.82) is 0 Å². The maximum atomic E-state index is 11.9. The van der Waals surface area contributed by atoms with Crippen LogP contribution in [0.2, 0.25) is 0 Å². The third-order valence-corrected chi connectivity index (χ3v) is 6.29. The number of aromatic amines is 2. The SMILES string of the molecule is CP(=O)(O)OP(=O)(O)OC[C@H]1O[C@@H]([n+]2c[nH]c3c(=O)[nH]c(N)nc32)[C@@H](O)C1O. The topological polar surface area (TPSA) is 234 Å². The van der Waals surface area contributed by atoms with Crippen LogP contribution in [0.15, 0.2) is 11.1 Å². The van der Waals surface area contributed by atoms with Crippen molar-refractivity contribution >= 4 is 32.5 Å². The zero-order chi connectivity index (χ0) is 20.9. The van der Waals surface area contributed by atoms with Crippen LogP contribution in [-0.4, -0.2) is 66.5 Å². The molecule has 3 unspecified atom stereocenters. The van der Waals surface area contributed by atoms with Crippen LogP contribution in [0, 0.1) is 0 Å². The van der Waals surface area contributed by atoms with E-state index >= 15 is 0 Å². The number of anilines is 1. The first-order valence-corrected chi connectivity index (χ1v) is 11.2. The summed E-state index contributed by atoms with van der Waals surface area (Å²) in [7, 11) is -9.23. The van der Waals surface area contributed by atoms with Crippen molar-refractivity contribution in [3.63, 3.8) is 0 Å². The van der Waals surface area contributed by atoms with Crippen LogP contribution in [0.4, 0.5) is 5.95 Å². The number of aliphatic hydroxyl groups excluding tert-OH is 2. The molecule has 8 N–H and O–H groups in total. The van der Waals surface area contributed by atoms with Gasteiger partial charge in [-0.25, -0.2) is 13.4 Å². The number of H-pyrrole nitrogens is 2. The fourth-order valence-electron chi connectivity index (χ4n) is 2.66. The molecule has 6 atom stereocenters. The molecule has 1 aliphatic rings. The lowest BCUT2D eigenvalue weighted by molar-refractivity contribution is -0.745. The molecule has 1 saturated heterocycles. The lowest BCUT2D eigenvalue weighted by Gasteiger charge is -2.17. The predicted molar refractivity (Wildman–Crippen MR) is 89.9 cm³/mol. The van der Waals surface area contributed by atoms with E-state index in [9.17, 15) is 29.0 Å². The highest BCUT2D eigenvalue weighted by molar-refractivity contribution is 7.63. The Morgan fingerprint density at radius 1 is 1.36 bits per heavy atom. The van der Waals surface area contributed by atoms with Crippen LogP contribution >= 0.6 is 15.4 Å². The second-order valence-corrected chi connectivity index (χ2v) is 9.48. The molecular formula is C11H18N5O10P2+. The minimum Gasteiger partial charge on any atom is -0.387 e. The number of aliphatic hydroxyl groups is 2. The normalized spacial score (nSPS) is 29.6. The summed E-state index contributed by atoms with van der Waals surface area (Å²) in [5.41, 5.74) is 5.00. The van der Waals surface area contributed by atoms with Crippen LogP contribution < -0.4 is 15.9 Å². The highest BCUT2D eigenvalue weighted by Crippen LogP contribution is 2.58. The summed E-state index contributed by atoms with van der Waals surface area (Å²) in [6.45, 7) is -0.0600. The molecule has 2 aromatic heterocycles. The molecule has 0 amide bonds. The molecule has 156 valence electrons. The second-order valence-electron chi connectivity index (χ2n) is 6.03. The van der Waals surface area contributed by atoms with E-state index in [1.807, 2.05) is 0 Å². The number of phosphoric acid groups is 1. The zero-order valence-corrected chi connectivity index (χ0v) is 16.0. The molecule has 2 aromatic rings. The van der Waals surface area contributed by atoms with Crippen LogP contribution in [0.3, 0.4) is 0 Å². The predicted octanol–water partition coefficient (Wildman–Crippen LogP) is -2.31. The molecule has 0 aliphatic carbocycles. The molecule has 1 fully saturated rings. The summed E-state index contributed by atoms with van der Waals surface area (Å²) in [5.74, 6) is -0.190. The summed E-state index contributed by atoms with van der Waals surface area (Å²) >= 11 is 0. The number of fused-ring (bicyclic) bond motifs is 1. The van der Waals surface area contributed by atoms with E-state index in [2.05, 4.69) is 23.8 Å². The van der Waals surface area contributed by atoms with Crippen LogP contribution in [0.1, 0.15) is 6.23 Å². The highest BCUT2D eigenvalue weighted by atomic mass is 31.3. The lowest BCUT2D eigenvalue weighted by Crippen LogP contribution is -2.46. The van der Waals surface area contributed by atoms with Crippen molar-refractivity contribution in [2.45, 2.75) is 24.5 Å². The van der Waals surface area contributed by atoms with Crippen LogP contribution in [0.25, 0.3) is 11.2 Å². The van der Waals surface area contributed by atoms with Gasteiger partial charge in [0.2, 0.25) is 11.7 Å². The zero-order valence-electron chi connectivity index (χ0n) is 14.2. The van der Waals surface area contributed by atoms with E-state index < -0.39 is 52.1 Å². The minimum absolute atomic E-state index is 0.0300. The van der Waals surface area contributed by atoms with E-state index in [-0.39, 0.29) is 17.1 Å². The average Bonchev–Trinajstić information content (AvgIpc) is 3.06. The first-order chi connectivity index (χ1) is 12.9. The second kappa shape index (κ2) is 7.30. The molecular weight excluding hydrogens is 424 g/mol. The van der Waals surface area contributed by atoms with E-state index in [1.165, 1.54) is 10.9 Å². The number of nitrogens with two attached hydrogens (primary N) is 1. The Morgan fingerprint density at radius 2 is 2.04 bits per heavy atom. The third-order valence-electron chi connectivity index (χ3n) is 3.78. The van der Waals surface area contributed by atoms with E-state index in [0.717, 1.165) is 0 Å². The molecule has 0 saturated carbocycles. The maximum absolute atomic E-state index is 11.9. The lowest BCUT2D eigenvalue weighted by atomic mass is 10.1. The first-order valence-electron chi connectivity index (χ1n) is 7.66. The Kier molecular flexibility index (Phi) is 5.49. The standard InChI is InChI=1S/C11H17N5O10P2/c1-27(20,21)26-28(22,23)24-2-4-6(17)7(18)10(25-4)16-3-13-5-8(16)14-11(12)15-9(5)19/h3-4,6-7,10,17-18H,2H2,1H3,(H5,12,14,15,19,20,21,22,23)/p+1/t4-,6?,7+,10-/m1/s1. The highest BCUT2D eigenvalue weighted by Gasteiger charge is 2.47. The molecule has 3 heterocycles. The van der Waals surface area contributed by atoms with Gasteiger partial charge in [-0.15, -0.1) is 0 Å². The smallest absolute Gasteiger partial charge is 0.387 e. The van der Waals surface area contributed by atoms with Crippen LogP contribution in [-0.2, 0) is 22.7 Å². The number of nitrogens with zero attached hydrogens (tertiary/aromatic N) is 2. The molecule has 28 heavy (non-hydrogen) atoms. The van der Waals surface area contributed by atoms with E-state index in [1.54, 1.807) is 0 Å². The molecule has 0 spiro atoms. The summed E-state index contributed by atoms with van der Waals surface area (Å²) in [6.07, 6.45) is -4.40. The van der Waals surface area contributed by atoms with Crippen LogP contribution in [0.5, 0.6) is 0 Å². The fourth-order valence-corrected chi connectivity index (χ4v) is 4.72. The van der Waals surface area contributed by atoms with Gasteiger partial charge in [-0.2, -0.15) is 0 Å². The van der Waals surface area contributed by atoms with Crippen molar-refractivity contribution in [3.8, 4) is 0 Å². The number of hydrogen-bond acceptors (Lipinski definition) is 10. The maximum Gasteiger partial charge on any atom is 0.479 e.